The summed E-state index contributed by atoms with van der Waals surface area (Å²) in [5.41, 5.74) is 13.8. The van der Waals surface area contributed by atoms with E-state index >= 15 is 0 Å². The number of aromatic amines is 2. The molecular weight excluding hydrogens is 717 g/mol. The van der Waals surface area contributed by atoms with Gasteiger partial charge in [0.2, 0.25) is 29.5 Å². The van der Waals surface area contributed by atoms with Crippen LogP contribution in [-0.4, -0.2) is 122 Å². The van der Waals surface area contributed by atoms with Crippen LogP contribution in [0.3, 0.4) is 0 Å². The minimum Gasteiger partial charge on any atom is -0.480 e. The molecule has 1 aromatic carbocycles. The zero-order valence-electron chi connectivity index (χ0n) is 31.2. The number of hydrogen-bond acceptors (Lipinski definition) is 10. The molecule has 296 valence electrons. The molecule has 3 rings (SSSR count). The Morgan fingerprint density at radius 2 is 1.65 bits per heavy atom. The van der Waals surface area contributed by atoms with Gasteiger partial charge in [-0.05, 0) is 62.3 Å². The zero-order chi connectivity index (χ0) is 39.8. The molecule has 0 aliphatic heterocycles. The molecule has 0 aliphatic carbocycles. The number of amides is 5. The summed E-state index contributed by atoms with van der Waals surface area (Å²) in [6, 6.07) is 1.94. The van der Waals surface area contributed by atoms with Crippen LogP contribution in [0, 0.1) is 5.92 Å². The normalized spacial score (nSPS) is 14.1. The quantitative estimate of drug-likeness (QED) is 0.0581. The number of carbonyl (C=O) groups excluding carboxylic acids is 5. The lowest BCUT2D eigenvalue weighted by Gasteiger charge is -2.30. The second-order valence-corrected chi connectivity index (χ2v) is 14.5. The fraction of sp³-hybridized carbons (Fsp3) is 0.528. The Kier molecular flexibility index (Phi) is 17.5. The minimum atomic E-state index is -1.24. The number of carbonyl (C=O) groups is 6. The van der Waals surface area contributed by atoms with Gasteiger partial charge in [-0.1, -0.05) is 32.0 Å². The van der Waals surface area contributed by atoms with Crippen molar-refractivity contribution in [3.05, 3.63) is 54.2 Å². The molecule has 11 N–H and O–H groups in total. The van der Waals surface area contributed by atoms with Gasteiger partial charge in [0.25, 0.3) is 0 Å². The highest BCUT2D eigenvalue weighted by Crippen LogP contribution is 2.20. The topological polar surface area (TPSA) is 271 Å². The Morgan fingerprint density at radius 1 is 0.926 bits per heavy atom. The molecule has 18 heteroatoms. The summed E-state index contributed by atoms with van der Waals surface area (Å²) in [7, 11) is 0. The van der Waals surface area contributed by atoms with Crippen LogP contribution in [0.5, 0.6) is 0 Å². The highest BCUT2D eigenvalue weighted by molar-refractivity contribution is 7.98. The first-order valence-corrected chi connectivity index (χ1v) is 19.3. The third-order valence-corrected chi connectivity index (χ3v) is 9.46. The van der Waals surface area contributed by atoms with E-state index in [1.54, 1.807) is 31.8 Å². The summed E-state index contributed by atoms with van der Waals surface area (Å²) in [4.78, 5) is 91.1. The molecule has 0 aliphatic rings. The maximum atomic E-state index is 14.4. The molecule has 3 aromatic rings. The Balaban J connectivity index is 1.96. The predicted molar refractivity (Wildman–Crippen MR) is 206 cm³/mol. The first-order valence-electron chi connectivity index (χ1n) is 17.9. The van der Waals surface area contributed by atoms with Crippen molar-refractivity contribution in [3.8, 4) is 0 Å². The van der Waals surface area contributed by atoms with Crippen LogP contribution in [0.2, 0.25) is 0 Å². The Labute approximate surface area is 318 Å². The van der Waals surface area contributed by atoms with Gasteiger partial charge in [0.15, 0.2) is 0 Å². The number of hydrogen-bond donors (Lipinski definition) is 9. The van der Waals surface area contributed by atoms with E-state index in [0.717, 1.165) is 10.9 Å². The number of nitrogens with two attached hydrogens (primary N) is 2. The first kappa shape index (κ1) is 43.5. The van der Waals surface area contributed by atoms with Crippen molar-refractivity contribution >= 4 is 58.2 Å². The van der Waals surface area contributed by atoms with Gasteiger partial charge >= 0.3 is 5.97 Å². The van der Waals surface area contributed by atoms with Gasteiger partial charge in [0.1, 0.15) is 24.2 Å². The van der Waals surface area contributed by atoms with E-state index in [0.29, 0.717) is 42.8 Å². The number of rotatable bonds is 23. The molecule has 0 fully saturated rings. The largest absolute Gasteiger partial charge is 0.480 e. The van der Waals surface area contributed by atoms with Gasteiger partial charge in [-0.25, -0.2) is 4.98 Å². The monoisotopic (exact) mass is 770 g/mol. The molecule has 0 spiro atoms. The number of carboxylic acid groups (broad SMARTS) is 1. The average molecular weight is 771 g/mol. The molecular formula is C36H54N10O7S. The van der Waals surface area contributed by atoms with E-state index in [2.05, 4.69) is 36.2 Å². The number of nitrogens with zero attached hydrogens (tertiary/aromatic N) is 2. The SMILES string of the molecule is CSCC[C@H](N)C(=O)N[C@H](C(=O)N[C@@H](Cc1cnc[nH]1)C(=O)N[C@@H](Cc1c[nH]c2ccccc12)C(=O)N(CCCCN)CC(=O)N[C@@H](C)C(=O)O)C(C)C. The number of unbranched alkanes of at least 4 members (excludes halogenated alkanes) is 1. The Morgan fingerprint density at radius 3 is 2.30 bits per heavy atom. The van der Waals surface area contributed by atoms with Crippen molar-refractivity contribution in [1.29, 1.82) is 0 Å². The molecule has 0 bridgehead atoms. The fourth-order valence-corrected chi connectivity index (χ4v) is 6.20. The van der Waals surface area contributed by atoms with E-state index in [4.69, 9.17) is 11.5 Å². The average Bonchev–Trinajstić information content (AvgIpc) is 3.81. The predicted octanol–water partition coefficient (Wildman–Crippen LogP) is 0.0238. The molecule has 5 atom stereocenters. The lowest BCUT2D eigenvalue weighted by Crippen LogP contribution is -2.60. The molecule has 54 heavy (non-hydrogen) atoms. The van der Waals surface area contributed by atoms with E-state index in [-0.39, 0.29) is 25.3 Å². The van der Waals surface area contributed by atoms with Gasteiger partial charge < -0.3 is 52.7 Å². The van der Waals surface area contributed by atoms with Crippen molar-refractivity contribution in [2.75, 3.05) is 31.6 Å². The molecule has 0 unspecified atom stereocenters. The molecule has 5 amide bonds. The van der Waals surface area contributed by atoms with Crippen LogP contribution in [0.15, 0.2) is 43.0 Å². The second kappa shape index (κ2) is 21.7. The number of para-hydroxylation sites is 1. The maximum Gasteiger partial charge on any atom is 0.325 e. The first-order chi connectivity index (χ1) is 25.7. The third-order valence-electron chi connectivity index (χ3n) is 8.82. The lowest BCUT2D eigenvalue weighted by atomic mass is 10.0. The summed E-state index contributed by atoms with van der Waals surface area (Å²) in [5, 5.41) is 20.8. The van der Waals surface area contributed by atoms with Crippen molar-refractivity contribution in [3.63, 3.8) is 0 Å². The van der Waals surface area contributed by atoms with Crippen molar-refractivity contribution in [2.24, 2.45) is 17.4 Å². The standard InChI is InChI=1S/C36H54N10O7S/c1-21(2)31(45-32(48)26(38)11-14-54-4)34(50)43-28(16-24-18-39-20-41-24)33(49)44-29(15-23-17-40-27-10-6-5-9-25(23)27)35(51)46(13-8-7-12-37)19-30(47)42-22(3)36(52)53/h5-6,9-10,17-18,20-22,26,28-29,31,40H,7-8,11-16,19,37-38H2,1-4H3,(H,39,41)(H,42,47)(H,43,50)(H,44,49)(H,45,48)(H,52,53)/t22-,26-,28-,29-,31-/m0/s1. The van der Waals surface area contributed by atoms with Gasteiger partial charge in [-0.3, -0.25) is 28.8 Å². The maximum absolute atomic E-state index is 14.4. The van der Waals surface area contributed by atoms with Crippen molar-refractivity contribution in [2.45, 2.75) is 83.1 Å². The van der Waals surface area contributed by atoms with E-state index in [9.17, 15) is 33.9 Å². The second-order valence-electron chi connectivity index (χ2n) is 13.5. The van der Waals surface area contributed by atoms with Crippen LogP contribution in [0.1, 0.15) is 51.3 Å². The van der Waals surface area contributed by atoms with Gasteiger partial charge in [0.05, 0.1) is 18.9 Å². The number of H-pyrrole nitrogens is 2. The summed E-state index contributed by atoms with van der Waals surface area (Å²) in [6.07, 6.45) is 7.95. The number of nitrogens with one attached hydrogen (secondary N) is 6. The Bertz CT molecular complexity index is 1700. The van der Waals surface area contributed by atoms with Crippen LogP contribution < -0.4 is 32.7 Å². The van der Waals surface area contributed by atoms with Crippen molar-refractivity contribution in [1.82, 2.24) is 41.1 Å². The number of aliphatic carboxylic acids is 1. The smallest absolute Gasteiger partial charge is 0.325 e. The molecule has 2 heterocycles. The van der Waals surface area contributed by atoms with E-state index < -0.39 is 72.3 Å². The van der Waals surface area contributed by atoms with Crippen LogP contribution in [0.4, 0.5) is 0 Å². The fourth-order valence-electron chi connectivity index (χ4n) is 5.71. The van der Waals surface area contributed by atoms with Gasteiger partial charge in [-0.2, -0.15) is 11.8 Å². The lowest BCUT2D eigenvalue weighted by molar-refractivity contribution is -0.143. The number of fused-ring (bicyclic) bond motifs is 1. The summed E-state index contributed by atoms with van der Waals surface area (Å²) < 4.78 is 0. The number of imidazole rings is 1. The number of aromatic nitrogens is 3. The summed E-state index contributed by atoms with van der Waals surface area (Å²) in [6.45, 7) is 4.80. The van der Waals surface area contributed by atoms with E-state index in [1.165, 1.54) is 24.3 Å². The van der Waals surface area contributed by atoms with Crippen LogP contribution in [-0.2, 0) is 41.6 Å². The molecule has 0 saturated heterocycles. The van der Waals surface area contributed by atoms with E-state index in [1.807, 2.05) is 30.5 Å². The van der Waals surface area contributed by atoms with Gasteiger partial charge in [-0.15, -0.1) is 0 Å². The summed E-state index contributed by atoms with van der Waals surface area (Å²) >= 11 is 1.55. The third kappa shape index (κ3) is 13.2. The molecule has 0 radical (unpaired) electrons. The highest BCUT2D eigenvalue weighted by atomic mass is 32.2. The van der Waals surface area contributed by atoms with Crippen molar-refractivity contribution < 1.29 is 33.9 Å². The molecule has 17 nitrogen and oxygen atoms in total. The summed E-state index contributed by atoms with van der Waals surface area (Å²) in [5.74, 6) is -4.05. The minimum absolute atomic E-state index is 0.0124. The molecule has 0 saturated carbocycles. The van der Waals surface area contributed by atoms with Gasteiger partial charge in [0, 0.05) is 48.4 Å². The van der Waals surface area contributed by atoms with Crippen LogP contribution in [0.25, 0.3) is 10.9 Å². The number of benzene rings is 1. The number of thioether (sulfide) groups is 1. The highest BCUT2D eigenvalue weighted by Gasteiger charge is 2.34. The zero-order valence-corrected chi connectivity index (χ0v) is 32.0. The Hall–Kier alpha value is -4.94. The number of carboxylic acids is 1. The van der Waals surface area contributed by atoms with Crippen LogP contribution >= 0.6 is 11.8 Å². The molecule has 2 aromatic heterocycles.